The summed E-state index contributed by atoms with van der Waals surface area (Å²) < 4.78 is 38.9. The molecule has 0 unspecified atom stereocenters. The molecule has 2 aromatic heterocycles. The fraction of sp³-hybridized carbons (Fsp3) is 0.211. The number of aromatic nitrogens is 3. The van der Waals surface area contributed by atoms with Crippen molar-refractivity contribution in [3.63, 3.8) is 0 Å². The Hall–Kier alpha value is -2.72. The molecule has 29 heavy (non-hydrogen) atoms. The zero-order valence-corrected chi connectivity index (χ0v) is 16.6. The highest BCUT2D eigenvalue weighted by atomic mass is 79.9. The third kappa shape index (κ3) is 5.64. The van der Waals surface area contributed by atoms with Gasteiger partial charge in [-0.1, -0.05) is 0 Å². The third-order valence-corrected chi connectivity index (χ3v) is 4.54. The van der Waals surface area contributed by atoms with Gasteiger partial charge < -0.3 is 15.7 Å². The molecule has 1 aromatic carbocycles. The van der Waals surface area contributed by atoms with Crippen LogP contribution in [0.15, 0.2) is 53.3 Å². The molecule has 0 aliphatic carbocycles. The van der Waals surface area contributed by atoms with Crippen LogP contribution in [0.2, 0.25) is 0 Å². The fourth-order valence-electron chi connectivity index (χ4n) is 2.47. The Kier molecular flexibility index (Phi) is 6.65. The molecular weight excluding hydrogens is 451 g/mol. The van der Waals surface area contributed by atoms with Crippen LogP contribution in [0.3, 0.4) is 0 Å². The lowest BCUT2D eigenvalue weighted by Crippen LogP contribution is -2.09. The van der Waals surface area contributed by atoms with E-state index in [4.69, 9.17) is 5.11 Å². The summed E-state index contributed by atoms with van der Waals surface area (Å²) in [7, 11) is 0. The molecule has 3 rings (SSSR count). The third-order valence-electron chi connectivity index (χ3n) is 3.88. The molecule has 0 spiro atoms. The summed E-state index contributed by atoms with van der Waals surface area (Å²) in [6.07, 6.45) is -0.629. The summed E-state index contributed by atoms with van der Waals surface area (Å²) in [5.41, 5.74) is 1.10. The molecule has 0 aliphatic heterocycles. The number of aliphatic hydroxyl groups is 1. The van der Waals surface area contributed by atoms with Gasteiger partial charge in [-0.15, -0.1) is 0 Å². The molecule has 0 fully saturated rings. The number of hydrogen-bond donors (Lipinski definition) is 3. The second-order valence-corrected chi connectivity index (χ2v) is 6.87. The van der Waals surface area contributed by atoms with Crippen molar-refractivity contribution in [1.82, 2.24) is 15.0 Å². The van der Waals surface area contributed by atoms with E-state index in [1.165, 1.54) is 6.07 Å². The molecule has 6 nitrogen and oxygen atoms in total. The predicted molar refractivity (Wildman–Crippen MR) is 108 cm³/mol. The van der Waals surface area contributed by atoms with E-state index in [1.807, 2.05) is 0 Å². The second-order valence-electron chi connectivity index (χ2n) is 6.02. The van der Waals surface area contributed by atoms with Gasteiger partial charge in [0.2, 0.25) is 5.95 Å². The minimum atomic E-state index is -4.42. The Labute approximate surface area is 173 Å². The number of rotatable bonds is 7. The van der Waals surface area contributed by atoms with E-state index in [1.54, 1.807) is 30.6 Å². The largest absolute Gasteiger partial charge is 0.416 e. The van der Waals surface area contributed by atoms with Crippen molar-refractivity contribution < 1.29 is 18.3 Å². The molecule has 0 atom stereocenters. The summed E-state index contributed by atoms with van der Waals surface area (Å²) in [5, 5.41) is 15.0. The zero-order chi connectivity index (χ0) is 20.9. The molecule has 10 heteroatoms. The van der Waals surface area contributed by atoms with Crippen LogP contribution >= 0.6 is 15.9 Å². The van der Waals surface area contributed by atoms with E-state index in [0.717, 1.165) is 17.7 Å². The highest BCUT2D eigenvalue weighted by molar-refractivity contribution is 9.10. The minimum Gasteiger partial charge on any atom is -0.396 e. The Morgan fingerprint density at radius 1 is 1.03 bits per heavy atom. The minimum absolute atomic E-state index is 0.0284. The zero-order valence-electron chi connectivity index (χ0n) is 15.0. The number of pyridine rings is 1. The highest BCUT2D eigenvalue weighted by Gasteiger charge is 2.30. The number of nitrogens with one attached hydrogen (secondary N) is 2. The molecule has 0 saturated carbocycles. The van der Waals surface area contributed by atoms with Crippen LogP contribution in [-0.4, -0.2) is 33.2 Å². The summed E-state index contributed by atoms with van der Waals surface area (Å²) in [6, 6.07) is 8.61. The van der Waals surface area contributed by atoms with Gasteiger partial charge in [-0.05, 0) is 52.7 Å². The van der Waals surface area contributed by atoms with Gasteiger partial charge in [0, 0.05) is 41.6 Å². The maximum absolute atomic E-state index is 12.9. The highest BCUT2D eigenvalue weighted by Crippen LogP contribution is 2.35. The number of hydrogen-bond acceptors (Lipinski definition) is 6. The summed E-state index contributed by atoms with van der Waals surface area (Å²) in [4.78, 5) is 12.8. The van der Waals surface area contributed by atoms with Crippen molar-refractivity contribution in [2.24, 2.45) is 0 Å². The summed E-state index contributed by atoms with van der Waals surface area (Å²) in [5.74, 6) is 0.733. The number of nitrogens with zero attached hydrogens (tertiary/aromatic N) is 3. The normalized spacial score (nSPS) is 11.3. The van der Waals surface area contributed by atoms with Crippen LogP contribution in [0.25, 0.3) is 11.3 Å². The van der Waals surface area contributed by atoms with Crippen LogP contribution in [0.5, 0.6) is 0 Å². The monoisotopic (exact) mass is 467 g/mol. The first kappa shape index (κ1) is 21.0. The summed E-state index contributed by atoms with van der Waals surface area (Å²) in [6.45, 7) is 0.500. The number of aliphatic hydroxyl groups excluding tert-OH is 1. The first-order valence-electron chi connectivity index (χ1n) is 8.65. The van der Waals surface area contributed by atoms with Gasteiger partial charge in [0.15, 0.2) is 0 Å². The summed E-state index contributed by atoms with van der Waals surface area (Å²) >= 11 is 3.17. The molecular formula is C19H17BrF3N5O. The van der Waals surface area contributed by atoms with Gasteiger partial charge in [-0.25, -0.2) is 4.98 Å². The predicted octanol–water partition coefficient (Wildman–Crippen LogP) is 4.86. The first-order valence-corrected chi connectivity index (χ1v) is 9.44. The van der Waals surface area contributed by atoms with Gasteiger partial charge in [-0.2, -0.15) is 18.2 Å². The average molecular weight is 468 g/mol. The van der Waals surface area contributed by atoms with Crippen molar-refractivity contribution in [3.05, 3.63) is 58.8 Å². The topological polar surface area (TPSA) is 83.0 Å². The standard InChI is InChI=1S/C19H17BrF3N5O/c20-14-10-13(19(21,22)23)2-3-15(14)26-17-11-16(12-4-7-24-8-5-12)27-18(28-17)25-6-1-9-29/h2-5,7-8,10-11,29H,1,6,9H2,(H2,25,26,27,28). The van der Waals surface area contributed by atoms with E-state index < -0.39 is 11.7 Å². The number of halogens is 4. The van der Waals surface area contributed by atoms with Gasteiger partial charge in [0.05, 0.1) is 16.9 Å². The van der Waals surface area contributed by atoms with Gasteiger partial charge in [0.1, 0.15) is 5.82 Å². The van der Waals surface area contributed by atoms with E-state index in [0.29, 0.717) is 36.1 Å². The van der Waals surface area contributed by atoms with Crippen LogP contribution in [-0.2, 0) is 6.18 Å². The van der Waals surface area contributed by atoms with Crippen LogP contribution in [0.1, 0.15) is 12.0 Å². The van der Waals surface area contributed by atoms with E-state index in [9.17, 15) is 13.2 Å². The van der Waals surface area contributed by atoms with Gasteiger partial charge >= 0.3 is 6.18 Å². The van der Waals surface area contributed by atoms with Gasteiger partial charge in [0.25, 0.3) is 0 Å². The Morgan fingerprint density at radius 3 is 2.45 bits per heavy atom. The quantitative estimate of drug-likeness (QED) is 0.430. The smallest absolute Gasteiger partial charge is 0.396 e. The van der Waals surface area contributed by atoms with Crippen molar-refractivity contribution in [1.29, 1.82) is 0 Å². The van der Waals surface area contributed by atoms with Crippen molar-refractivity contribution in [2.45, 2.75) is 12.6 Å². The molecule has 0 amide bonds. The van der Waals surface area contributed by atoms with Gasteiger partial charge in [-0.3, -0.25) is 4.98 Å². The molecule has 0 aliphatic rings. The Balaban J connectivity index is 1.92. The van der Waals surface area contributed by atoms with Crippen LogP contribution < -0.4 is 10.6 Å². The Bertz CT molecular complexity index is 970. The average Bonchev–Trinajstić information content (AvgIpc) is 2.69. The Morgan fingerprint density at radius 2 is 1.79 bits per heavy atom. The molecule has 3 N–H and O–H groups in total. The first-order chi connectivity index (χ1) is 13.9. The number of anilines is 3. The molecule has 152 valence electrons. The van der Waals surface area contributed by atoms with Crippen molar-refractivity contribution in [3.8, 4) is 11.3 Å². The second kappa shape index (κ2) is 9.19. The lowest BCUT2D eigenvalue weighted by molar-refractivity contribution is -0.137. The van der Waals surface area contributed by atoms with Crippen molar-refractivity contribution in [2.75, 3.05) is 23.8 Å². The SMILES string of the molecule is OCCCNc1nc(Nc2ccc(C(F)(F)F)cc2Br)cc(-c2ccncc2)n1. The van der Waals surface area contributed by atoms with E-state index in [2.05, 4.69) is 41.5 Å². The van der Waals surface area contributed by atoms with Crippen molar-refractivity contribution >= 4 is 33.4 Å². The molecule has 0 bridgehead atoms. The fourth-order valence-corrected chi connectivity index (χ4v) is 2.95. The lowest BCUT2D eigenvalue weighted by Gasteiger charge is -2.14. The van der Waals surface area contributed by atoms with E-state index in [-0.39, 0.29) is 11.1 Å². The van der Waals surface area contributed by atoms with Crippen LogP contribution in [0, 0.1) is 0 Å². The molecule has 0 saturated heterocycles. The van der Waals surface area contributed by atoms with Crippen LogP contribution in [0.4, 0.5) is 30.6 Å². The van der Waals surface area contributed by atoms with E-state index >= 15 is 0 Å². The molecule has 0 radical (unpaired) electrons. The maximum atomic E-state index is 12.9. The molecule has 3 aromatic rings. The number of alkyl halides is 3. The lowest BCUT2D eigenvalue weighted by atomic mass is 10.2. The number of benzene rings is 1. The molecule has 2 heterocycles. The maximum Gasteiger partial charge on any atom is 0.416 e.